The lowest BCUT2D eigenvalue weighted by atomic mass is 9.99. The lowest BCUT2D eigenvalue weighted by Gasteiger charge is -2.40. The van der Waals surface area contributed by atoms with Crippen molar-refractivity contribution in [1.82, 2.24) is 14.8 Å². The number of hydrogen-bond donors (Lipinski definition) is 1. The normalized spacial score (nSPS) is 20.1. The average Bonchev–Trinajstić information content (AvgIpc) is 3.58. The minimum absolute atomic E-state index is 0.0375. The van der Waals surface area contributed by atoms with Crippen LogP contribution >= 0.6 is 0 Å². The first kappa shape index (κ1) is 23.0. The van der Waals surface area contributed by atoms with Gasteiger partial charge in [-0.25, -0.2) is 0 Å². The SMILES string of the molecule is O=C(c1cc(-c2ccncc2)c(-c2ccc3c(c2)CC/C3=N\O)o1)N1CCC(N2CCCCC2)CC1. The molecular formula is C29H32N4O3. The number of carbonyl (C=O) groups excluding carboxylic acids is 1. The minimum atomic E-state index is -0.0375. The maximum Gasteiger partial charge on any atom is 0.289 e. The highest BCUT2D eigenvalue weighted by Crippen LogP contribution is 2.38. The Morgan fingerprint density at radius 1 is 0.917 bits per heavy atom. The molecule has 36 heavy (non-hydrogen) atoms. The summed E-state index contributed by atoms with van der Waals surface area (Å²) in [5, 5.41) is 12.7. The molecule has 1 amide bonds. The van der Waals surface area contributed by atoms with Gasteiger partial charge in [0.2, 0.25) is 0 Å². The summed E-state index contributed by atoms with van der Waals surface area (Å²) < 4.78 is 6.32. The van der Waals surface area contributed by atoms with Crippen molar-refractivity contribution in [2.75, 3.05) is 26.2 Å². The van der Waals surface area contributed by atoms with E-state index >= 15 is 0 Å². The van der Waals surface area contributed by atoms with Gasteiger partial charge < -0.3 is 19.4 Å². The maximum atomic E-state index is 13.5. The van der Waals surface area contributed by atoms with Gasteiger partial charge in [-0.3, -0.25) is 9.78 Å². The van der Waals surface area contributed by atoms with Crippen LogP contribution in [-0.2, 0) is 6.42 Å². The standard InChI is InChI=1S/C29H32N4O3/c34-29(33-16-10-23(11-17-33)32-14-2-1-3-15-32)27-19-25(20-8-12-30-13-9-20)28(36-27)22-4-6-24-21(18-22)5-7-26(24)31-35/h4,6,8-9,12-13,18-19,23,35H,1-3,5,7,10-11,14-17H2/b31-26+. The average molecular weight is 485 g/mol. The van der Waals surface area contributed by atoms with Crippen LogP contribution in [0.1, 0.15) is 60.2 Å². The molecule has 0 spiro atoms. The Hall–Kier alpha value is -3.45. The molecule has 2 fully saturated rings. The number of nitrogens with zero attached hydrogens (tertiary/aromatic N) is 4. The second kappa shape index (κ2) is 9.90. The molecule has 0 saturated carbocycles. The molecule has 7 nitrogen and oxygen atoms in total. The highest BCUT2D eigenvalue weighted by molar-refractivity contribution is 6.04. The van der Waals surface area contributed by atoms with Gasteiger partial charge in [-0.1, -0.05) is 23.7 Å². The second-order valence-corrected chi connectivity index (χ2v) is 10.1. The van der Waals surface area contributed by atoms with Crippen molar-refractivity contribution in [3.63, 3.8) is 0 Å². The number of pyridine rings is 1. The predicted octanol–water partition coefficient (Wildman–Crippen LogP) is 5.22. The van der Waals surface area contributed by atoms with Gasteiger partial charge in [0.15, 0.2) is 5.76 Å². The van der Waals surface area contributed by atoms with Crippen LogP contribution in [0.3, 0.4) is 0 Å². The molecule has 3 aromatic rings. The van der Waals surface area contributed by atoms with Crippen LogP contribution in [0, 0.1) is 0 Å². The Kier molecular flexibility index (Phi) is 6.32. The van der Waals surface area contributed by atoms with E-state index in [1.54, 1.807) is 12.4 Å². The van der Waals surface area contributed by atoms with E-state index in [0.29, 0.717) is 23.3 Å². The van der Waals surface area contributed by atoms with Crippen molar-refractivity contribution in [3.05, 3.63) is 65.7 Å². The van der Waals surface area contributed by atoms with Crippen molar-refractivity contribution in [2.45, 2.75) is 51.0 Å². The summed E-state index contributed by atoms with van der Waals surface area (Å²) >= 11 is 0. The second-order valence-electron chi connectivity index (χ2n) is 10.1. The number of rotatable bonds is 4. The maximum absolute atomic E-state index is 13.5. The zero-order valence-electron chi connectivity index (χ0n) is 20.5. The van der Waals surface area contributed by atoms with E-state index in [4.69, 9.17) is 4.42 Å². The quantitative estimate of drug-likeness (QED) is 0.405. The number of aryl methyl sites for hydroxylation is 1. The molecule has 0 radical (unpaired) electrons. The molecule has 0 bridgehead atoms. The molecule has 7 heteroatoms. The highest BCUT2D eigenvalue weighted by Gasteiger charge is 2.30. The fraction of sp³-hybridized carbons (Fsp3) is 0.414. The molecule has 0 unspecified atom stereocenters. The molecule has 1 aliphatic carbocycles. The van der Waals surface area contributed by atoms with Crippen molar-refractivity contribution in [2.24, 2.45) is 5.16 Å². The molecule has 186 valence electrons. The van der Waals surface area contributed by atoms with E-state index < -0.39 is 0 Å². The first-order chi connectivity index (χ1) is 17.7. The van der Waals surface area contributed by atoms with Crippen LogP contribution < -0.4 is 0 Å². The third kappa shape index (κ3) is 4.32. The minimum Gasteiger partial charge on any atom is -0.450 e. The third-order valence-electron chi connectivity index (χ3n) is 8.02. The number of oxime groups is 1. The molecule has 1 N–H and O–H groups in total. The number of fused-ring (bicyclic) bond motifs is 1. The fourth-order valence-electron chi connectivity index (χ4n) is 6.05. The predicted molar refractivity (Wildman–Crippen MR) is 138 cm³/mol. The zero-order chi connectivity index (χ0) is 24.5. The molecule has 3 aliphatic rings. The fourth-order valence-corrected chi connectivity index (χ4v) is 6.05. The molecule has 6 rings (SSSR count). The molecule has 4 heterocycles. The smallest absolute Gasteiger partial charge is 0.289 e. The van der Waals surface area contributed by atoms with Gasteiger partial charge in [0, 0.05) is 48.2 Å². The van der Waals surface area contributed by atoms with Gasteiger partial charge in [-0.05, 0) is 87.0 Å². The summed E-state index contributed by atoms with van der Waals surface area (Å²) in [6.07, 6.45) is 11.0. The van der Waals surface area contributed by atoms with Crippen molar-refractivity contribution in [3.8, 4) is 22.5 Å². The Labute approximate surface area is 211 Å². The summed E-state index contributed by atoms with van der Waals surface area (Å²) in [4.78, 5) is 22.3. The molecular weight excluding hydrogens is 452 g/mol. The third-order valence-corrected chi connectivity index (χ3v) is 8.02. The van der Waals surface area contributed by atoms with Crippen LogP contribution in [0.25, 0.3) is 22.5 Å². The van der Waals surface area contributed by atoms with Gasteiger partial charge in [-0.15, -0.1) is 0 Å². The first-order valence-corrected chi connectivity index (χ1v) is 13.1. The van der Waals surface area contributed by atoms with Crippen LogP contribution in [0.15, 0.2) is 58.4 Å². The number of benzene rings is 1. The van der Waals surface area contributed by atoms with E-state index in [-0.39, 0.29) is 5.91 Å². The summed E-state index contributed by atoms with van der Waals surface area (Å²) in [7, 11) is 0. The molecule has 2 saturated heterocycles. The van der Waals surface area contributed by atoms with E-state index in [0.717, 1.165) is 66.6 Å². The number of hydrogen-bond acceptors (Lipinski definition) is 6. The van der Waals surface area contributed by atoms with Crippen molar-refractivity contribution < 1.29 is 14.4 Å². The van der Waals surface area contributed by atoms with Gasteiger partial charge in [-0.2, -0.15) is 0 Å². The van der Waals surface area contributed by atoms with Crippen LogP contribution in [0.5, 0.6) is 0 Å². The van der Waals surface area contributed by atoms with E-state index in [9.17, 15) is 10.0 Å². The van der Waals surface area contributed by atoms with Crippen LogP contribution in [0.2, 0.25) is 0 Å². The van der Waals surface area contributed by atoms with Crippen LogP contribution in [0.4, 0.5) is 0 Å². The molecule has 0 atom stereocenters. The Morgan fingerprint density at radius 3 is 2.44 bits per heavy atom. The zero-order valence-corrected chi connectivity index (χ0v) is 20.5. The van der Waals surface area contributed by atoms with Crippen LogP contribution in [-0.4, -0.2) is 63.8 Å². The van der Waals surface area contributed by atoms with Gasteiger partial charge >= 0.3 is 0 Å². The summed E-state index contributed by atoms with van der Waals surface area (Å²) in [5.41, 5.74) is 5.59. The number of carbonyl (C=O) groups is 1. The first-order valence-electron chi connectivity index (χ1n) is 13.1. The van der Waals surface area contributed by atoms with E-state index in [2.05, 4.69) is 21.1 Å². The van der Waals surface area contributed by atoms with Gasteiger partial charge in [0.25, 0.3) is 5.91 Å². The Balaban J connectivity index is 1.27. The summed E-state index contributed by atoms with van der Waals surface area (Å²) in [5.74, 6) is 1.03. The summed E-state index contributed by atoms with van der Waals surface area (Å²) in [6.45, 7) is 3.93. The Bertz CT molecular complexity index is 1270. The summed E-state index contributed by atoms with van der Waals surface area (Å²) in [6, 6.07) is 12.4. The lowest BCUT2D eigenvalue weighted by molar-refractivity contribution is 0.0563. The van der Waals surface area contributed by atoms with E-state index in [1.165, 1.54) is 32.4 Å². The van der Waals surface area contributed by atoms with Crippen molar-refractivity contribution in [1.29, 1.82) is 0 Å². The monoisotopic (exact) mass is 484 g/mol. The number of piperidine rings is 2. The number of amides is 1. The topological polar surface area (TPSA) is 82.2 Å². The lowest BCUT2D eigenvalue weighted by Crippen LogP contribution is -2.48. The number of furan rings is 1. The molecule has 1 aromatic carbocycles. The molecule has 2 aromatic heterocycles. The highest BCUT2D eigenvalue weighted by atomic mass is 16.4. The van der Waals surface area contributed by atoms with Crippen molar-refractivity contribution >= 4 is 11.6 Å². The number of aromatic nitrogens is 1. The number of likely N-dealkylation sites (tertiary alicyclic amines) is 2. The largest absolute Gasteiger partial charge is 0.450 e. The molecule has 2 aliphatic heterocycles. The Morgan fingerprint density at radius 2 is 1.69 bits per heavy atom. The van der Waals surface area contributed by atoms with Gasteiger partial charge in [0.1, 0.15) is 5.76 Å². The van der Waals surface area contributed by atoms with E-state index in [1.807, 2.05) is 35.2 Å². The van der Waals surface area contributed by atoms with Gasteiger partial charge in [0.05, 0.1) is 5.71 Å².